The lowest BCUT2D eigenvalue weighted by molar-refractivity contribution is -0.116. The highest BCUT2D eigenvalue weighted by molar-refractivity contribution is 5.92. The number of aryl methyl sites for hydroxylation is 1. The van der Waals surface area contributed by atoms with Crippen molar-refractivity contribution in [2.75, 3.05) is 47.9 Å². The van der Waals surface area contributed by atoms with Gasteiger partial charge in [0.2, 0.25) is 11.9 Å². The molecular weight excluding hydrogens is 418 g/mol. The number of amides is 1. The summed E-state index contributed by atoms with van der Waals surface area (Å²) in [6.45, 7) is 7.09. The molecular formula is C25H29N5O3. The van der Waals surface area contributed by atoms with Crippen molar-refractivity contribution in [1.29, 1.82) is 0 Å². The van der Waals surface area contributed by atoms with E-state index in [1.165, 1.54) is 16.3 Å². The van der Waals surface area contributed by atoms with Crippen molar-refractivity contribution in [2.45, 2.75) is 20.4 Å². The number of anilines is 3. The fourth-order valence-electron chi connectivity index (χ4n) is 3.98. The number of nitrogens with one attached hydrogen (secondary N) is 1. The topological polar surface area (TPSA) is 79.7 Å². The molecule has 0 atom stereocenters. The average Bonchev–Trinajstić information content (AvgIpc) is 2.83. The van der Waals surface area contributed by atoms with Gasteiger partial charge in [0.05, 0.1) is 12.3 Å². The molecule has 4 rings (SSSR count). The van der Waals surface area contributed by atoms with Crippen molar-refractivity contribution in [3.05, 3.63) is 76.7 Å². The lowest BCUT2D eigenvalue weighted by Gasteiger charge is -2.37. The van der Waals surface area contributed by atoms with Gasteiger partial charge in [0.25, 0.3) is 5.56 Å². The van der Waals surface area contributed by atoms with E-state index < -0.39 is 0 Å². The van der Waals surface area contributed by atoms with Gasteiger partial charge in [0.1, 0.15) is 12.3 Å². The molecule has 0 bridgehead atoms. The Kier molecular flexibility index (Phi) is 6.92. The Morgan fingerprint density at radius 1 is 1.00 bits per heavy atom. The molecule has 0 unspecified atom stereocenters. The first-order valence-electron chi connectivity index (χ1n) is 11.2. The molecule has 1 fully saturated rings. The summed E-state index contributed by atoms with van der Waals surface area (Å²) in [7, 11) is 0. The highest BCUT2D eigenvalue weighted by atomic mass is 16.5. The van der Waals surface area contributed by atoms with Crippen LogP contribution in [0.4, 0.5) is 17.3 Å². The van der Waals surface area contributed by atoms with Crippen LogP contribution in [0.15, 0.2) is 65.5 Å². The molecule has 0 aliphatic carbocycles. The zero-order valence-electron chi connectivity index (χ0n) is 19.0. The highest BCUT2D eigenvalue weighted by Gasteiger charge is 2.22. The van der Waals surface area contributed by atoms with Crippen LogP contribution in [0.5, 0.6) is 5.75 Å². The second kappa shape index (κ2) is 10.2. The molecule has 8 heteroatoms. The quantitative estimate of drug-likeness (QED) is 0.600. The van der Waals surface area contributed by atoms with Gasteiger partial charge in [-0.3, -0.25) is 14.2 Å². The molecule has 2 heterocycles. The summed E-state index contributed by atoms with van der Waals surface area (Å²) in [5, 5.41) is 2.87. The first-order chi connectivity index (χ1) is 16.0. The first-order valence-corrected chi connectivity index (χ1v) is 11.2. The van der Waals surface area contributed by atoms with Gasteiger partial charge in [0.15, 0.2) is 0 Å². The Balaban J connectivity index is 1.51. The monoisotopic (exact) mass is 447 g/mol. The van der Waals surface area contributed by atoms with E-state index in [9.17, 15) is 9.59 Å². The largest absolute Gasteiger partial charge is 0.492 e. The smallest absolute Gasteiger partial charge is 0.255 e. The highest BCUT2D eigenvalue weighted by Crippen LogP contribution is 2.24. The number of hydrogen-bond acceptors (Lipinski definition) is 6. The number of carbonyl (C=O) groups excluding carboxylic acids is 1. The maximum absolute atomic E-state index is 12.9. The summed E-state index contributed by atoms with van der Waals surface area (Å²) >= 11 is 0. The number of aromatic nitrogens is 2. The number of para-hydroxylation sites is 3. The lowest BCUT2D eigenvalue weighted by Crippen LogP contribution is -2.48. The number of ether oxygens (including phenoxy) is 1. The summed E-state index contributed by atoms with van der Waals surface area (Å²) in [5.74, 6) is 0.819. The average molecular weight is 448 g/mol. The Morgan fingerprint density at radius 2 is 1.67 bits per heavy atom. The van der Waals surface area contributed by atoms with Crippen LogP contribution in [0.3, 0.4) is 0 Å². The van der Waals surface area contributed by atoms with Gasteiger partial charge < -0.3 is 19.9 Å². The third-order valence-electron chi connectivity index (χ3n) is 5.56. The van der Waals surface area contributed by atoms with Crippen LogP contribution in [0.25, 0.3) is 0 Å². The zero-order valence-corrected chi connectivity index (χ0v) is 19.0. The van der Waals surface area contributed by atoms with Crippen molar-refractivity contribution in [1.82, 2.24) is 9.55 Å². The van der Waals surface area contributed by atoms with Gasteiger partial charge in [-0.05, 0) is 38.1 Å². The standard InChI is InChI=1S/C25H29N5O3/c1-3-33-22-12-8-7-11-21(22)27-23(31)18-30-24(32)17-19(2)26-25(30)29-15-13-28(14-16-29)20-9-5-4-6-10-20/h4-12,17H,3,13-16,18H2,1-2H3,(H,27,31). The third-order valence-corrected chi connectivity index (χ3v) is 5.56. The number of benzene rings is 2. The van der Waals surface area contributed by atoms with E-state index >= 15 is 0 Å². The van der Waals surface area contributed by atoms with Crippen LogP contribution in [0.1, 0.15) is 12.6 Å². The molecule has 3 aromatic rings. The Hall–Kier alpha value is -3.81. The van der Waals surface area contributed by atoms with E-state index in [2.05, 4.69) is 32.2 Å². The number of carbonyl (C=O) groups is 1. The summed E-state index contributed by atoms with van der Waals surface area (Å²) in [4.78, 5) is 34.7. The van der Waals surface area contributed by atoms with Crippen LogP contribution in [-0.2, 0) is 11.3 Å². The molecule has 172 valence electrons. The summed E-state index contributed by atoms with van der Waals surface area (Å²) in [6, 6.07) is 19.0. The third kappa shape index (κ3) is 5.34. The molecule has 1 aliphatic heterocycles. The van der Waals surface area contributed by atoms with Crippen LogP contribution < -0.4 is 25.4 Å². The number of rotatable bonds is 7. The maximum Gasteiger partial charge on any atom is 0.255 e. The molecule has 33 heavy (non-hydrogen) atoms. The Morgan fingerprint density at radius 3 is 2.39 bits per heavy atom. The van der Waals surface area contributed by atoms with Crippen molar-refractivity contribution < 1.29 is 9.53 Å². The molecule has 1 aromatic heterocycles. The fraction of sp³-hybridized carbons (Fsp3) is 0.320. The van der Waals surface area contributed by atoms with Crippen LogP contribution >= 0.6 is 0 Å². The Labute approximate surface area is 193 Å². The normalized spacial score (nSPS) is 13.6. The first kappa shape index (κ1) is 22.4. The number of piperazine rings is 1. The van der Waals surface area contributed by atoms with Gasteiger partial charge in [-0.15, -0.1) is 0 Å². The summed E-state index contributed by atoms with van der Waals surface area (Å²) in [6.07, 6.45) is 0. The summed E-state index contributed by atoms with van der Waals surface area (Å²) in [5.41, 5.74) is 2.16. The Bertz CT molecular complexity index is 1150. The predicted molar refractivity (Wildman–Crippen MR) is 130 cm³/mol. The van der Waals surface area contributed by atoms with E-state index in [4.69, 9.17) is 4.74 Å². The van der Waals surface area contributed by atoms with Crippen molar-refractivity contribution in [3.8, 4) is 5.75 Å². The van der Waals surface area contributed by atoms with E-state index in [1.807, 2.05) is 37.3 Å². The van der Waals surface area contributed by atoms with Crippen LogP contribution in [0, 0.1) is 6.92 Å². The van der Waals surface area contributed by atoms with E-state index in [0.29, 0.717) is 42.8 Å². The SMILES string of the molecule is CCOc1ccccc1NC(=O)Cn1c(N2CCN(c3ccccc3)CC2)nc(C)cc1=O. The van der Waals surface area contributed by atoms with Gasteiger partial charge >= 0.3 is 0 Å². The summed E-state index contributed by atoms with van der Waals surface area (Å²) < 4.78 is 7.03. The maximum atomic E-state index is 12.9. The van der Waals surface area contributed by atoms with Crippen LogP contribution in [-0.4, -0.2) is 48.2 Å². The molecule has 1 amide bonds. The van der Waals surface area contributed by atoms with E-state index in [-0.39, 0.29) is 18.0 Å². The minimum atomic E-state index is -0.306. The van der Waals surface area contributed by atoms with Gasteiger partial charge in [-0.25, -0.2) is 4.98 Å². The second-order valence-corrected chi connectivity index (χ2v) is 7.91. The molecule has 1 N–H and O–H groups in total. The predicted octanol–water partition coefficient (Wildman–Crippen LogP) is 2.92. The molecule has 1 aliphatic rings. The minimum absolute atomic E-state index is 0.124. The molecule has 2 aromatic carbocycles. The van der Waals surface area contributed by atoms with Crippen molar-refractivity contribution in [2.24, 2.45) is 0 Å². The lowest BCUT2D eigenvalue weighted by atomic mass is 10.2. The number of hydrogen-bond donors (Lipinski definition) is 1. The van der Waals surface area contributed by atoms with E-state index in [1.54, 1.807) is 19.1 Å². The molecule has 0 spiro atoms. The fourth-order valence-corrected chi connectivity index (χ4v) is 3.98. The van der Waals surface area contributed by atoms with Gasteiger partial charge in [0, 0.05) is 43.6 Å². The molecule has 0 radical (unpaired) electrons. The van der Waals surface area contributed by atoms with Gasteiger partial charge in [-0.1, -0.05) is 30.3 Å². The van der Waals surface area contributed by atoms with Gasteiger partial charge in [-0.2, -0.15) is 0 Å². The second-order valence-electron chi connectivity index (χ2n) is 7.91. The molecule has 1 saturated heterocycles. The minimum Gasteiger partial charge on any atom is -0.492 e. The molecule has 8 nitrogen and oxygen atoms in total. The zero-order chi connectivity index (χ0) is 23.2. The molecule has 0 saturated carbocycles. The van der Waals surface area contributed by atoms with E-state index in [0.717, 1.165) is 13.1 Å². The van der Waals surface area contributed by atoms with Crippen LogP contribution in [0.2, 0.25) is 0 Å². The number of nitrogens with zero attached hydrogens (tertiary/aromatic N) is 4. The van der Waals surface area contributed by atoms with Crippen molar-refractivity contribution in [3.63, 3.8) is 0 Å². The van der Waals surface area contributed by atoms with Crippen molar-refractivity contribution >= 4 is 23.2 Å².